The molecular weight excluding hydrogens is 341 g/mol. The Balaban J connectivity index is 2.03. The smallest absolute Gasteiger partial charge is 0.252 e. The Morgan fingerprint density at radius 1 is 1.17 bits per heavy atom. The van der Waals surface area contributed by atoms with Crippen molar-refractivity contribution in [2.24, 2.45) is 0 Å². The van der Waals surface area contributed by atoms with Gasteiger partial charge in [0.25, 0.3) is 5.91 Å². The van der Waals surface area contributed by atoms with Crippen molar-refractivity contribution in [1.29, 1.82) is 0 Å². The highest BCUT2D eigenvalue weighted by molar-refractivity contribution is 14.1. The fourth-order valence-corrected chi connectivity index (χ4v) is 2.22. The van der Waals surface area contributed by atoms with Gasteiger partial charge >= 0.3 is 0 Å². The first-order chi connectivity index (χ1) is 8.66. The number of phenolic OH excluding ortho intramolecular Hbond substituents is 1. The van der Waals surface area contributed by atoms with E-state index in [-0.39, 0.29) is 11.7 Å². The van der Waals surface area contributed by atoms with E-state index in [4.69, 9.17) is 0 Å². The molecule has 92 valence electrons. The Hall–Kier alpha value is -1.56. The van der Waals surface area contributed by atoms with E-state index in [1.54, 1.807) is 24.3 Å². The minimum atomic E-state index is -0.108. The largest absolute Gasteiger partial charge is 0.508 e. The van der Waals surface area contributed by atoms with Crippen LogP contribution in [-0.4, -0.2) is 11.0 Å². The minimum absolute atomic E-state index is 0.108. The van der Waals surface area contributed by atoms with Gasteiger partial charge in [-0.2, -0.15) is 0 Å². The maximum atomic E-state index is 11.9. The Bertz CT molecular complexity index is 569. The van der Waals surface area contributed by atoms with E-state index in [0.717, 1.165) is 9.13 Å². The molecule has 0 unspecified atom stereocenters. The molecule has 0 spiro atoms. The third kappa shape index (κ3) is 3.22. The summed E-state index contributed by atoms with van der Waals surface area (Å²) in [4.78, 5) is 11.9. The van der Waals surface area contributed by atoms with E-state index in [1.807, 2.05) is 24.3 Å². The first kappa shape index (κ1) is 12.9. The van der Waals surface area contributed by atoms with Crippen LogP contribution >= 0.6 is 22.6 Å². The number of halogens is 1. The number of phenols is 1. The van der Waals surface area contributed by atoms with Gasteiger partial charge in [-0.3, -0.25) is 4.79 Å². The second kappa shape index (κ2) is 5.86. The lowest BCUT2D eigenvalue weighted by Crippen LogP contribution is -2.23. The Morgan fingerprint density at radius 2 is 1.94 bits per heavy atom. The van der Waals surface area contributed by atoms with Gasteiger partial charge in [-0.15, -0.1) is 0 Å². The first-order valence-corrected chi connectivity index (χ1v) is 6.55. The van der Waals surface area contributed by atoms with Crippen molar-refractivity contribution in [3.8, 4) is 5.75 Å². The molecular formula is C14H12INO2. The quantitative estimate of drug-likeness (QED) is 0.834. The molecule has 0 aliphatic rings. The molecule has 3 nitrogen and oxygen atoms in total. The molecule has 1 amide bonds. The molecule has 0 fully saturated rings. The average Bonchev–Trinajstić information content (AvgIpc) is 2.37. The van der Waals surface area contributed by atoms with E-state index in [9.17, 15) is 9.90 Å². The summed E-state index contributed by atoms with van der Waals surface area (Å²) in [7, 11) is 0. The number of benzene rings is 2. The lowest BCUT2D eigenvalue weighted by Gasteiger charge is -2.07. The fraction of sp³-hybridized carbons (Fsp3) is 0.0714. The molecule has 0 atom stereocenters. The van der Waals surface area contributed by atoms with E-state index in [2.05, 4.69) is 27.9 Å². The predicted molar refractivity (Wildman–Crippen MR) is 78.4 cm³/mol. The lowest BCUT2D eigenvalue weighted by molar-refractivity contribution is 0.0950. The molecule has 2 rings (SSSR count). The summed E-state index contributed by atoms with van der Waals surface area (Å²) >= 11 is 2.13. The maximum absolute atomic E-state index is 11.9. The maximum Gasteiger partial charge on any atom is 0.252 e. The van der Waals surface area contributed by atoms with Crippen molar-refractivity contribution < 1.29 is 9.90 Å². The van der Waals surface area contributed by atoms with Crippen LogP contribution in [0.3, 0.4) is 0 Å². The molecule has 0 saturated heterocycles. The zero-order valence-corrected chi connectivity index (χ0v) is 11.7. The van der Waals surface area contributed by atoms with E-state index >= 15 is 0 Å². The zero-order chi connectivity index (χ0) is 13.0. The van der Waals surface area contributed by atoms with Crippen LogP contribution < -0.4 is 5.32 Å². The van der Waals surface area contributed by atoms with Crippen LogP contribution in [0.4, 0.5) is 0 Å². The number of amides is 1. The van der Waals surface area contributed by atoms with Crippen LogP contribution in [0.2, 0.25) is 0 Å². The summed E-state index contributed by atoms with van der Waals surface area (Å²) in [5.41, 5.74) is 1.53. The first-order valence-electron chi connectivity index (χ1n) is 5.47. The van der Waals surface area contributed by atoms with Gasteiger partial charge in [0.2, 0.25) is 0 Å². The summed E-state index contributed by atoms with van der Waals surface area (Å²) in [6.45, 7) is 0.401. The number of carbonyl (C=O) groups excluding carboxylic acids is 1. The van der Waals surface area contributed by atoms with Crippen molar-refractivity contribution in [3.05, 3.63) is 63.2 Å². The monoisotopic (exact) mass is 353 g/mol. The van der Waals surface area contributed by atoms with E-state index in [1.165, 1.54) is 0 Å². The van der Waals surface area contributed by atoms with Crippen molar-refractivity contribution in [2.45, 2.75) is 6.54 Å². The van der Waals surface area contributed by atoms with Gasteiger partial charge in [0.15, 0.2) is 0 Å². The highest BCUT2D eigenvalue weighted by atomic mass is 127. The number of carbonyl (C=O) groups is 1. The molecule has 0 bridgehead atoms. The zero-order valence-electron chi connectivity index (χ0n) is 9.56. The van der Waals surface area contributed by atoms with Gasteiger partial charge in [0.05, 0.1) is 5.56 Å². The molecule has 2 aromatic rings. The predicted octanol–water partition coefficient (Wildman–Crippen LogP) is 2.93. The molecule has 0 aliphatic carbocycles. The topological polar surface area (TPSA) is 49.3 Å². The van der Waals surface area contributed by atoms with Gasteiger partial charge in [0.1, 0.15) is 5.75 Å². The van der Waals surface area contributed by atoms with Gasteiger partial charge < -0.3 is 10.4 Å². The molecule has 0 aromatic heterocycles. The Labute approximate surface area is 119 Å². The highest BCUT2D eigenvalue weighted by Gasteiger charge is 2.08. The summed E-state index contributed by atoms with van der Waals surface area (Å²) in [6.07, 6.45) is 0. The summed E-state index contributed by atoms with van der Waals surface area (Å²) in [5.74, 6) is 0.0967. The molecule has 0 radical (unpaired) electrons. The Morgan fingerprint density at radius 3 is 2.67 bits per heavy atom. The SMILES string of the molecule is O=C(NCc1cccc(O)c1)c1ccccc1I. The number of rotatable bonds is 3. The van der Waals surface area contributed by atoms with Crippen LogP contribution in [-0.2, 0) is 6.54 Å². The third-order valence-electron chi connectivity index (χ3n) is 2.48. The number of nitrogens with one attached hydrogen (secondary N) is 1. The molecule has 4 heteroatoms. The fourth-order valence-electron chi connectivity index (χ4n) is 1.59. The standard InChI is InChI=1S/C14H12INO2/c15-13-7-2-1-6-12(13)14(18)16-9-10-4-3-5-11(17)8-10/h1-8,17H,9H2,(H,16,18). The number of hydrogen-bond donors (Lipinski definition) is 2. The average molecular weight is 353 g/mol. The van der Waals surface area contributed by atoms with Crippen molar-refractivity contribution in [3.63, 3.8) is 0 Å². The highest BCUT2D eigenvalue weighted by Crippen LogP contribution is 2.13. The van der Waals surface area contributed by atoms with E-state index < -0.39 is 0 Å². The minimum Gasteiger partial charge on any atom is -0.508 e. The molecule has 2 N–H and O–H groups in total. The van der Waals surface area contributed by atoms with E-state index in [0.29, 0.717) is 12.1 Å². The van der Waals surface area contributed by atoms with Crippen molar-refractivity contribution >= 4 is 28.5 Å². The van der Waals surface area contributed by atoms with Gasteiger partial charge in [-0.05, 0) is 52.4 Å². The molecule has 0 saturated carbocycles. The van der Waals surface area contributed by atoms with Crippen LogP contribution in [0.25, 0.3) is 0 Å². The Kier molecular flexibility index (Phi) is 4.19. The summed E-state index contributed by atoms with van der Waals surface area (Å²) in [5, 5.41) is 12.2. The molecule has 2 aromatic carbocycles. The summed E-state index contributed by atoms with van der Waals surface area (Å²) in [6, 6.07) is 14.3. The van der Waals surface area contributed by atoms with Crippen LogP contribution in [0.1, 0.15) is 15.9 Å². The molecule has 18 heavy (non-hydrogen) atoms. The lowest BCUT2D eigenvalue weighted by atomic mass is 10.2. The second-order valence-electron chi connectivity index (χ2n) is 3.83. The van der Waals surface area contributed by atoms with Crippen LogP contribution in [0.15, 0.2) is 48.5 Å². The normalized spacial score (nSPS) is 10.1. The van der Waals surface area contributed by atoms with Gasteiger partial charge in [-0.25, -0.2) is 0 Å². The van der Waals surface area contributed by atoms with Gasteiger partial charge in [-0.1, -0.05) is 24.3 Å². The second-order valence-corrected chi connectivity index (χ2v) is 4.99. The molecule has 0 aliphatic heterocycles. The van der Waals surface area contributed by atoms with Crippen LogP contribution in [0.5, 0.6) is 5.75 Å². The van der Waals surface area contributed by atoms with Crippen LogP contribution in [0, 0.1) is 3.57 Å². The van der Waals surface area contributed by atoms with Crippen molar-refractivity contribution in [2.75, 3.05) is 0 Å². The molecule has 0 heterocycles. The number of hydrogen-bond acceptors (Lipinski definition) is 2. The summed E-state index contributed by atoms with van der Waals surface area (Å²) < 4.78 is 0.920. The number of aromatic hydroxyl groups is 1. The van der Waals surface area contributed by atoms with Gasteiger partial charge in [0, 0.05) is 10.1 Å². The van der Waals surface area contributed by atoms with Crippen molar-refractivity contribution in [1.82, 2.24) is 5.32 Å². The third-order valence-corrected chi connectivity index (χ3v) is 3.42.